The first-order chi connectivity index (χ1) is 11.1. The normalized spacial score (nSPS) is 11.3. The Balaban J connectivity index is 2.37. The fraction of sp³-hybridized carbons (Fsp3) is 0.312. The summed E-state index contributed by atoms with van der Waals surface area (Å²) in [5.74, 6) is 1.99. The fourth-order valence-electron chi connectivity index (χ4n) is 2.55. The Morgan fingerprint density at radius 2 is 1.96 bits per heavy atom. The predicted octanol–water partition coefficient (Wildman–Crippen LogP) is 3.23. The molecule has 0 unspecified atom stereocenters. The zero-order valence-corrected chi connectivity index (χ0v) is 14.4. The number of benzene rings is 1. The number of hydrogen-bond acceptors (Lipinski definition) is 6. The Labute approximate surface area is 139 Å². The summed E-state index contributed by atoms with van der Waals surface area (Å²) in [5.41, 5.74) is 9.08. The lowest BCUT2D eigenvalue weighted by Gasteiger charge is -2.17. The topological polar surface area (TPSA) is 78.3 Å². The van der Waals surface area contributed by atoms with E-state index in [1.54, 1.807) is 11.6 Å². The van der Waals surface area contributed by atoms with Gasteiger partial charge in [-0.05, 0) is 18.2 Å². The third-order valence-corrected chi connectivity index (χ3v) is 4.18. The summed E-state index contributed by atoms with van der Waals surface area (Å²) in [6.07, 6.45) is 1.93. The molecule has 2 N–H and O–H groups in total. The van der Waals surface area contributed by atoms with E-state index in [0.29, 0.717) is 16.8 Å². The number of ether oxygens (including phenoxy) is 1. The van der Waals surface area contributed by atoms with Gasteiger partial charge in [0.15, 0.2) is 0 Å². The lowest BCUT2D eigenvalue weighted by Crippen LogP contribution is -2.09. The zero-order chi connectivity index (χ0) is 16.6. The molecule has 0 saturated carbocycles. The number of nitrogen functional groups attached to an aromatic ring is 1. The van der Waals surface area contributed by atoms with Crippen molar-refractivity contribution in [3.8, 4) is 16.9 Å². The summed E-state index contributed by atoms with van der Waals surface area (Å²) in [5, 5.41) is 5.06. The highest BCUT2D eigenvalue weighted by Gasteiger charge is 2.21. The quantitative estimate of drug-likeness (QED) is 0.740. The van der Waals surface area contributed by atoms with Crippen LogP contribution in [0.15, 0.2) is 29.4 Å². The van der Waals surface area contributed by atoms with E-state index in [1.807, 2.05) is 30.5 Å². The number of aromatic nitrogens is 4. The third kappa shape index (κ3) is 2.61. The van der Waals surface area contributed by atoms with Gasteiger partial charge in [-0.25, -0.2) is 4.98 Å². The van der Waals surface area contributed by atoms with Crippen molar-refractivity contribution in [3.05, 3.63) is 30.0 Å². The molecular formula is C16H19N5OS. The molecule has 0 aliphatic carbocycles. The van der Waals surface area contributed by atoms with Crippen molar-refractivity contribution < 1.29 is 4.74 Å². The van der Waals surface area contributed by atoms with Crippen molar-refractivity contribution in [1.29, 1.82) is 0 Å². The van der Waals surface area contributed by atoms with Gasteiger partial charge in [0, 0.05) is 11.1 Å². The van der Waals surface area contributed by atoms with E-state index in [2.05, 4.69) is 23.9 Å². The van der Waals surface area contributed by atoms with E-state index in [4.69, 9.17) is 15.5 Å². The number of fused-ring (bicyclic) bond motifs is 1. The molecule has 2 heterocycles. The number of rotatable bonds is 4. The molecule has 120 valence electrons. The van der Waals surface area contributed by atoms with Crippen LogP contribution in [0, 0.1) is 0 Å². The molecule has 6 nitrogen and oxygen atoms in total. The zero-order valence-electron chi connectivity index (χ0n) is 13.6. The van der Waals surface area contributed by atoms with Crippen LogP contribution in [0.25, 0.3) is 16.9 Å². The molecule has 0 radical (unpaired) electrons. The Bertz CT molecular complexity index is 859. The van der Waals surface area contributed by atoms with Crippen LogP contribution in [-0.4, -0.2) is 32.9 Å². The summed E-state index contributed by atoms with van der Waals surface area (Å²) in [4.78, 5) is 9.10. The van der Waals surface area contributed by atoms with Gasteiger partial charge in [0.25, 0.3) is 5.78 Å². The largest absolute Gasteiger partial charge is 0.496 e. The molecule has 3 rings (SSSR count). The first-order valence-electron chi connectivity index (χ1n) is 7.30. The minimum Gasteiger partial charge on any atom is -0.496 e. The molecule has 7 heteroatoms. The van der Waals surface area contributed by atoms with Crippen molar-refractivity contribution >= 4 is 23.4 Å². The van der Waals surface area contributed by atoms with E-state index >= 15 is 0 Å². The van der Waals surface area contributed by atoms with Gasteiger partial charge in [-0.2, -0.15) is 9.50 Å². The van der Waals surface area contributed by atoms with Gasteiger partial charge >= 0.3 is 0 Å². The van der Waals surface area contributed by atoms with Gasteiger partial charge in [-0.3, -0.25) is 0 Å². The molecule has 0 atom stereocenters. The molecule has 0 bridgehead atoms. The van der Waals surface area contributed by atoms with Crippen molar-refractivity contribution in [2.75, 3.05) is 19.1 Å². The molecular weight excluding hydrogens is 310 g/mol. The summed E-state index contributed by atoms with van der Waals surface area (Å²) < 4.78 is 7.09. The van der Waals surface area contributed by atoms with Gasteiger partial charge in [-0.1, -0.05) is 43.8 Å². The van der Waals surface area contributed by atoms with E-state index in [0.717, 1.165) is 22.6 Å². The maximum atomic E-state index is 6.44. The second-order valence-electron chi connectivity index (χ2n) is 5.42. The number of nitrogens with zero attached hydrogens (tertiary/aromatic N) is 4. The highest BCUT2D eigenvalue weighted by molar-refractivity contribution is 7.98. The summed E-state index contributed by atoms with van der Waals surface area (Å²) in [6, 6.07) is 7.79. The third-order valence-electron chi connectivity index (χ3n) is 3.64. The molecule has 3 aromatic rings. The Kier molecular flexibility index (Phi) is 4.12. The van der Waals surface area contributed by atoms with Crippen LogP contribution in [0.5, 0.6) is 5.75 Å². The van der Waals surface area contributed by atoms with E-state index < -0.39 is 0 Å². The maximum absolute atomic E-state index is 6.44. The van der Waals surface area contributed by atoms with Crippen LogP contribution in [0.4, 0.5) is 5.82 Å². The fourth-order valence-corrected chi connectivity index (χ4v) is 2.89. The molecule has 0 amide bonds. The van der Waals surface area contributed by atoms with Crippen LogP contribution in [0.1, 0.15) is 25.5 Å². The standard InChI is InChI=1S/C16H19N5OS/c1-9(2)13-12(10-7-5-6-8-11(10)22-3)14(17)21-15(18-13)19-16(20-21)23-4/h5-9H,17H2,1-4H3. The van der Waals surface area contributed by atoms with Gasteiger partial charge in [0.2, 0.25) is 5.16 Å². The number of hydrogen-bond donors (Lipinski definition) is 1. The van der Waals surface area contributed by atoms with Crippen LogP contribution >= 0.6 is 11.8 Å². The van der Waals surface area contributed by atoms with Crippen molar-refractivity contribution in [2.24, 2.45) is 0 Å². The highest BCUT2D eigenvalue weighted by atomic mass is 32.2. The summed E-state index contributed by atoms with van der Waals surface area (Å²) in [6.45, 7) is 4.17. The monoisotopic (exact) mass is 329 g/mol. The number of anilines is 1. The van der Waals surface area contributed by atoms with Crippen LogP contribution in [-0.2, 0) is 0 Å². The first kappa shape index (κ1) is 15.6. The summed E-state index contributed by atoms with van der Waals surface area (Å²) in [7, 11) is 1.65. The van der Waals surface area contributed by atoms with Crippen molar-refractivity contribution in [3.63, 3.8) is 0 Å². The predicted molar refractivity (Wildman–Crippen MR) is 93.1 cm³/mol. The number of methoxy groups -OCH3 is 1. The average molecular weight is 329 g/mol. The smallest absolute Gasteiger partial charge is 0.255 e. The van der Waals surface area contributed by atoms with Crippen LogP contribution in [0.3, 0.4) is 0 Å². The van der Waals surface area contributed by atoms with Gasteiger partial charge in [0.1, 0.15) is 11.6 Å². The van der Waals surface area contributed by atoms with Gasteiger partial charge in [0.05, 0.1) is 12.8 Å². The molecule has 0 fully saturated rings. The summed E-state index contributed by atoms with van der Waals surface area (Å²) >= 11 is 1.46. The number of para-hydroxylation sites is 1. The molecule has 1 aromatic carbocycles. The Hall–Kier alpha value is -2.28. The van der Waals surface area contributed by atoms with Crippen molar-refractivity contribution in [2.45, 2.75) is 24.9 Å². The molecule has 0 aliphatic heterocycles. The van der Waals surface area contributed by atoms with Crippen LogP contribution in [0.2, 0.25) is 0 Å². The van der Waals surface area contributed by atoms with Gasteiger partial charge in [-0.15, -0.1) is 5.10 Å². The molecule has 0 spiro atoms. The molecule has 2 aromatic heterocycles. The number of nitrogens with two attached hydrogens (primary N) is 1. The minimum atomic E-state index is 0.191. The van der Waals surface area contributed by atoms with E-state index in [9.17, 15) is 0 Å². The second kappa shape index (κ2) is 6.08. The van der Waals surface area contributed by atoms with E-state index in [1.165, 1.54) is 11.8 Å². The highest BCUT2D eigenvalue weighted by Crippen LogP contribution is 2.38. The lowest BCUT2D eigenvalue weighted by atomic mass is 9.97. The first-order valence-corrected chi connectivity index (χ1v) is 8.52. The van der Waals surface area contributed by atoms with Crippen LogP contribution < -0.4 is 10.5 Å². The molecule has 0 aliphatic rings. The van der Waals surface area contributed by atoms with Gasteiger partial charge < -0.3 is 10.5 Å². The maximum Gasteiger partial charge on any atom is 0.255 e. The SMILES string of the molecule is COc1ccccc1-c1c(C(C)C)nc2nc(SC)nn2c1N. The van der Waals surface area contributed by atoms with E-state index in [-0.39, 0.29) is 5.92 Å². The molecule has 0 saturated heterocycles. The average Bonchev–Trinajstić information content (AvgIpc) is 2.98. The Morgan fingerprint density at radius 3 is 2.61 bits per heavy atom. The molecule has 23 heavy (non-hydrogen) atoms. The number of thioether (sulfide) groups is 1. The van der Waals surface area contributed by atoms with Crippen molar-refractivity contribution in [1.82, 2.24) is 19.6 Å². The Morgan fingerprint density at radius 1 is 1.22 bits per heavy atom. The minimum absolute atomic E-state index is 0.191. The second-order valence-corrected chi connectivity index (χ2v) is 6.20. The lowest BCUT2D eigenvalue weighted by molar-refractivity contribution is 0.416.